The van der Waals surface area contributed by atoms with Crippen molar-refractivity contribution in [1.29, 1.82) is 0 Å². The Morgan fingerprint density at radius 2 is 1.68 bits per heavy atom. The van der Waals surface area contributed by atoms with Gasteiger partial charge in [0.25, 0.3) is 0 Å². The molecule has 1 amide bonds. The lowest BCUT2D eigenvalue weighted by Gasteiger charge is -2.29. The van der Waals surface area contributed by atoms with Gasteiger partial charge in [-0.1, -0.05) is 0 Å². The Morgan fingerprint density at radius 3 is 2.32 bits per heavy atom. The van der Waals surface area contributed by atoms with Gasteiger partial charge in [0.2, 0.25) is 15.9 Å². The molecule has 0 saturated carbocycles. The predicted octanol–water partition coefficient (Wildman–Crippen LogP) is 2.85. The molecule has 2 aliphatic rings. The molecule has 0 aliphatic carbocycles. The number of hydrogen-bond donors (Lipinski definition) is 1. The van der Waals surface area contributed by atoms with Gasteiger partial charge in [0.15, 0.2) is 11.5 Å². The molecule has 0 bridgehead atoms. The molecule has 2 heterocycles. The molecule has 0 radical (unpaired) electrons. The third kappa shape index (κ3) is 4.71. The van der Waals surface area contributed by atoms with Crippen LogP contribution in [0.4, 0.5) is 17.1 Å². The number of nitrogens with zero attached hydrogens (tertiary/aromatic N) is 2. The van der Waals surface area contributed by atoms with Crippen molar-refractivity contribution in [2.75, 3.05) is 47.1 Å². The van der Waals surface area contributed by atoms with Gasteiger partial charge in [-0.3, -0.25) is 9.10 Å². The van der Waals surface area contributed by atoms with Gasteiger partial charge in [0, 0.05) is 30.5 Å². The maximum Gasteiger partial charge on any atom is 0.247 e. The summed E-state index contributed by atoms with van der Waals surface area (Å²) in [7, 11) is -3.73. The maximum atomic E-state index is 12.9. The van der Waals surface area contributed by atoms with Crippen molar-refractivity contribution in [2.24, 2.45) is 0 Å². The lowest BCUT2D eigenvalue weighted by atomic mass is 10.2. The summed E-state index contributed by atoms with van der Waals surface area (Å²) < 4.78 is 37.3. The molecule has 1 saturated heterocycles. The van der Waals surface area contributed by atoms with Gasteiger partial charge in [0.05, 0.1) is 11.9 Å². The van der Waals surface area contributed by atoms with E-state index in [2.05, 4.69) is 10.2 Å². The molecular formula is C22H27N3O5S. The molecule has 9 heteroatoms. The van der Waals surface area contributed by atoms with E-state index in [-0.39, 0.29) is 0 Å². The Hall–Kier alpha value is -2.94. The molecule has 4 rings (SSSR count). The van der Waals surface area contributed by atoms with E-state index in [9.17, 15) is 13.2 Å². The largest absolute Gasteiger partial charge is 0.486 e. The maximum absolute atomic E-state index is 12.9. The summed E-state index contributed by atoms with van der Waals surface area (Å²) in [6.07, 6.45) is 3.47. The van der Waals surface area contributed by atoms with E-state index >= 15 is 0 Å². The fourth-order valence-electron chi connectivity index (χ4n) is 3.96. The fourth-order valence-corrected chi connectivity index (χ4v) is 5.12. The Morgan fingerprint density at radius 1 is 1.03 bits per heavy atom. The van der Waals surface area contributed by atoms with E-state index in [1.165, 1.54) is 12.8 Å². The summed E-state index contributed by atoms with van der Waals surface area (Å²) in [5, 5.41) is 2.82. The number of hydrogen-bond acceptors (Lipinski definition) is 6. The average Bonchev–Trinajstić information content (AvgIpc) is 3.28. The van der Waals surface area contributed by atoms with Gasteiger partial charge in [0.1, 0.15) is 19.3 Å². The molecule has 2 aromatic carbocycles. The van der Waals surface area contributed by atoms with E-state index in [1.807, 2.05) is 24.3 Å². The molecule has 2 aliphatic heterocycles. The highest BCUT2D eigenvalue weighted by Gasteiger charge is 2.30. The number of benzene rings is 2. The SMILES string of the molecule is CC(C(=O)Nc1ccc(N2CCCC2)cc1)N(c1ccc2c(c1)OCCO2)S(C)(=O)=O. The van der Waals surface area contributed by atoms with Crippen LogP contribution in [0, 0.1) is 0 Å². The molecule has 166 valence electrons. The quantitative estimate of drug-likeness (QED) is 0.736. The number of carbonyl (C=O) groups excluding carboxylic acids is 1. The third-order valence-corrected chi connectivity index (χ3v) is 6.72. The first-order valence-electron chi connectivity index (χ1n) is 10.4. The lowest BCUT2D eigenvalue weighted by Crippen LogP contribution is -2.45. The molecule has 8 nitrogen and oxygen atoms in total. The Labute approximate surface area is 182 Å². The molecule has 1 unspecified atom stereocenters. The summed E-state index contributed by atoms with van der Waals surface area (Å²) in [6.45, 7) is 4.48. The summed E-state index contributed by atoms with van der Waals surface area (Å²) >= 11 is 0. The molecule has 2 aromatic rings. The zero-order valence-corrected chi connectivity index (χ0v) is 18.5. The van der Waals surface area contributed by atoms with Crippen LogP contribution < -0.4 is 24.0 Å². The summed E-state index contributed by atoms with van der Waals surface area (Å²) in [5.74, 6) is 0.593. The molecular weight excluding hydrogens is 418 g/mol. The third-order valence-electron chi connectivity index (χ3n) is 5.47. The molecule has 0 aromatic heterocycles. The second kappa shape index (κ2) is 8.66. The summed E-state index contributed by atoms with van der Waals surface area (Å²) in [6, 6.07) is 11.5. The molecule has 0 spiro atoms. The van der Waals surface area contributed by atoms with Crippen LogP contribution in [-0.2, 0) is 14.8 Å². The molecule has 1 atom stereocenters. The van der Waals surface area contributed by atoms with Gasteiger partial charge in [-0.2, -0.15) is 0 Å². The van der Waals surface area contributed by atoms with Crippen molar-refractivity contribution in [3.05, 3.63) is 42.5 Å². The number of rotatable bonds is 6. The number of nitrogens with one attached hydrogen (secondary N) is 1. The van der Waals surface area contributed by atoms with Crippen molar-refractivity contribution in [3.63, 3.8) is 0 Å². The van der Waals surface area contributed by atoms with E-state index in [4.69, 9.17) is 9.47 Å². The highest BCUT2D eigenvalue weighted by molar-refractivity contribution is 7.92. The van der Waals surface area contributed by atoms with Gasteiger partial charge in [-0.05, 0) is 56.2 Å². The van der Waals surface area contributed by atoms with Crippen LogP contribution in [0.5, 0.6) is 11.5 Å². The number of sulfonamides is 1. The summed E-state index contributed by atoms with van der Waals surface area (Å²) in [4.78, 5) is 15.2. The highest BCUT2D eigenvalue weighted by atomic mass is 32.2. The zero-order chi connectivity index (χ0) is 22.0. The topological polar surface area (TPSA) is 88.2 Å². The zero-order valence-electron chi connectivity index (χ0n) is 17.7. The van der Waals surface area contributed by atoms with E-state index < -0.39 is 22.0 Å². The van der Waals surface area contributed by atoms with Crippen LogP contribution >= 0.6 is 0 Å². The van der Waals surface area contributed by atoms with Gasteiger partial charge < -0.3 is 19.7 Å². The van der Waals surface area contributed by atoms with E-state index in [1.54, 1.807) is 25.1 Å². The normalized spacial score (nSPS) is 16.6. The van der Waals surface area contributed by atoms with Crippen molar-refractivity contribution in [1.82, 2.24) is 0 Å². The van der Waals surface area contributed by atoms with Crippen LogP contribution in [-0.4, -0.2) is 52.9 Å². The average molecular weight is 446 g/mol. The molecule has 31 heavy (non-hydrogen) atoms. The van der Waals surface area contributed by atoms with Gasteiger partial charge in [-0.15, -0.1) is 0 Å². The van der Waals surface area contributed by atoms with Crippen LogP contribution in [0.25, 0.3) is 0 Å². The first kappa shape index (κ1) is 21.3. The first-order chi connectivity index (χ1) is 14.8. The standard InChI is InChI=1S/C22H27N3O5S/c1-16(22(26)23-17-5-7-18(8-6-17)24-11-3-4-12-24)25(31(2,27)28)19-9-10-20-21(15-19)30-14-13-29-20/h5-10,15-16H,3-4,11-14H2,1-2H3,(H,23,26). The van der Waals surface area contributed by atoms with Gasteiger partial charge in [-0.25, -0.2) is 8.42 Å². The minimum absolute atomic E-state index is 0.346. The molecule has 1 N–H and O–H groups in total. The minimum atomic E-state index is -3.73. The Kier molecular flexibility index (Phi) is 5.95. The van der Waals surface area contributed by atoms with E-state index in [0.29, 0.717) is 36.1 Å². The van der Waals surface area contributed by atoms with Gasteiger partial charge >= 0.3 is 0 Å². The lowest BCUT2D eigenvalue weighted by molar-refractivity contribution is -0.116. The van der Waals surface area contributed by atoms with Crippen molar-refractivity contribution < 1.29 is 22.7 Å². The van der Waals surface area contributed by atoms with E-state index in [0.717, 1.165) is 29.3 Å². The number of amides is 1. The monoisotopic (exact) mass is 445 g/mol. The second-order valence-electron chi connectivity index (χ2n) is 7.79. The van der Waals surface area contributed by atoms with Crippen molar-refractivity contribution in [3.8, 4) is 11.5 Å². The predicted molar refractivity (Wildman–Crippen MR) is 121 cm³/mol. The number of anilines is 3. The van der Waals surface area contributed by atoms with Crippen molar-refractivity contribution >= 4 is 33.0 Å². The summed E-state index contributed by atoms with van der Waals surface area (Å²) in [5.41, 5.74) is 2.09. The second-order valence-corrected chi connectivity index (χ2v) is 9.65. The van der Waals surface area contributed by atoms with Crippen LogP contribution in [0.2, 0.25) is 0 Å². The fraction of sp³-hybridized carbons (Fsp3) is 0.409. The smallest absolute Gasteiger partial charge is 0.247 e. The highest BCUT2D eigenvalue weighted by Crippen LogP contribution is 2.35. The number of fused-ring (bicyclic) bond motifs is 1. The number of carbonyl (C=O) groups is 1. The Balaban J connectivity index is 1.52. The molecule has 1 fully saturated rings. The minimum Gasteiger partial charge on any atom is -0.486 e. The number of ether oxygens (including phenoxy) is 2. The van der Waals surface area contributed by atoms with Crippen LogP contribution in [0.15, 0.2) is 42.5 Å². The Bertz CT molecular complexity index is 1050. The van der Waals surface area contributed by atoms with Crippen molar-refractivity contribution in [2.45, 2.75) is 25.8 Å². The first-order valence-corrected chi connectivity index (χ1v) is 12.2. The van der Waals surface area contributed by atoms with Crippen LogP contribution in [0.1, 0.15) is 19.8 Å². The van der Waals surface area contributed by atoms with Crippen LogP contribution in [0.3, 0.4) is 0 Å².